The van der Waals surface area contributed by atoms with Gasteiger partial charge in [0.1, 0.15) is 17.1 Å². The van der Waals surface area contributed by atoms with Crippen molar-refractivity contribution < 1.29 is 18.8 Å². The fraction of sp³-hybridized carbons (Fsp3) is 0.474. The van der Waals surface area contributed by atoms with Gasteiger partial charge in [-0.3, -0.25) is 4.79 Å². The van der Waals surface area contributed by atoms with Gasteiger partial charge in [-0.15, -0.1) is 0 Å². The van der Waals surface area contributed by atoms with Crippen LogP contribution < -0.4 is 10.1 Å². The molecule has 1 saturated heterocycles. The number of carbonyl (C=O) groups excluding carboxylic acids is 1. The van der Waals surface area contributed by atoms with Gasteiger partial charge in [0.15, 0.2) is 5.15 Å². The molecule has 2 aliphatic heterocycles. The number of nitrogens with one attached hydrogen (secondary N) is 1. The van der Waals surface area contributed by atoms with Gasteiger partial charge in [-0.05, 0) is 6.07 Å². The van der Waals surface area contributed by atoms with Gasteiger partial charge in [0, 0.05) is 43.7 Å². The number of benzene rings is 1. The van der Waals surface area contributed by atoms with Crippen molar-refractivity contribution in [2.45, 2.75) is 43.7 Å². The first-order valence-electron chi connectivity index (χ1n) is 8.90. The molecule has 1 spiro atoms. The second-order valence-corrected chi connectivity index (χ2v) is 7.26. The van der Waals surface area contributed by atoms with Crippen molar-refractivity contribution >= 4 is 17.5 Å². The Labute approximate surface area is 156 Å². The van der Waals surface area contributed by atoms with E-state index in [1.54, 1.807) is 6.07 Å². The van der Waals surface area contributed by atoms with Crippen LogP contribution in [0.15, 0.2) is 34.9 Å². The molecule has 1 unspecified atom stereocenters. The number of para-hydroxylation sites is 1. The molecule has 2 aromatic rings. The standard InChI is InChI=1S/C19H21ClN2O4/c20-17-11-13(26-22-17)5-6-18(23)21-15-12-19(7-9-24-10-8-19)25-16-4-2-1-3-14(15)16/h1-4,11,15H,5-10,12H2,(H,21,23). The molecule has 7 heteroatoms. The summed E-state index contributed by atoms with van der Waals surface area (Å²) in [4.78, 5) is 12.5. The van der Waals surface area contributed by atoms with E-state index in [0.717, 1.165) is 30.6 Å². The lowest BCUT2D eigenvalue weighted by Gasteiger charge is -2.44. The predicted octanol–water partition coefficient (Wildman–Crippen LogP) is 3.45. The molecule has 0 saturated carbocycles. The molecule has 1 atom stereocenters. The van der Waals surface area contributed by atoms with Crippen molar-refractivity contribution in [2.75, 3.05) is 13.2 Å². The predicted molar refractivity (Wildman–Crippen MR) is 95.2 cm³/mol. The third-order valence-corrected chi connectivity index (χ3v) is 5.24. The van der Waals surface area contributed by atoms with Gasteiger partial charge in [-0.1, -0.05) is 35.0 Å². The van der Waals surface area contributed by atoms with Crippen LogP contribution in [0.5, 0.6) is 5.75 Å². The van der Waals surface area contributed by atoms with E-state index in [2.05, 4.69) is 10.5 Å². The van der Waals surface area contributed by atoms with Gasteiger partial charge in [0.05, 0.1) is 19.3 Å². The number of rotatable bonds is 4. The summed E-state index contributed by atoms with van der Waals surface area (Å²) < 4.78 is 16.9. The van der Waals surface area contributed by atoms with E-state index in [1.165, 1.54) is 0 Å². The number of fused-ring (bicyclic) bond motifs is 1. The summed E-state index contributed by atoms with van der Waals surface area (Å²) in [5, 5.41) is 7.10. The molecule has 26 heavy (non-hydrogen) atoms. The van der Waals surface area contributed by atoms with Gasteiger partial charge in [-0.25, -0.2) is 0 Å². The number of amides is 1. The first-order chi connectivity index (χ1) is 12.6. The van der Waals surface area contributed by atoms with Gasteiger partial charge >= 0.3 is 0 Å². The maximum atomic E-state index is 12.5. The van der Waals surface area contributed by atoms with Crippen molar-refractivity contribution in [1.82, 2.24) is 10.5 Å². The number of halogens is 1. The molecule has 0 aliphatic carbocycles. The molecule has 2 aliphatic rings. The minimum absolute atomic E-state index is 0.0264. The minimum Gasteiger partial charge on any atom is -0.487 e. The Morgan fingerprint density at radius 1 is 1.31 bits per heavy atom. The normalized spacial score (nSPS) is 21.0. The van der Waals surface area contributed by atoms with E-state index in [0.29, 0.717) is 37.0 Å². The lowest BCUT2D eigenvalue weighted by molar-refractivity contribution is -0.123. The van der Waals surface area contributed by atoms with Crippen LogP contribution in [0.25, 0.3) is 0 Å². The molecule has 0 bridgehead atoms. The number of ether oxygens (including phenoxy) is 2. The fourth-order valence-corrected chi connectivity index (χ4v) is 3.86. The summed E-state index contributed by atoms with van der Waals surface area (Å²) in [6.07, 6.45) is 3.22. The molecule has 6 nitrogen and oxygen atoms in total. The number of hydrogen-bond donors (Lipinski definition) is 1. The molecule has 1 aromatic heterocycles. The summed E-state index contributed by atoms with van der Waals surface area (Å²) in [7, 11) is 0. The molecule has 0 radical (unpaired) electrons. The van der Waals surface area contributed by atoms with Crippen molar-refractivity contribution in [3.63, 3.8) is 0 Å². The van der Waals surface area contributed by atoms with Crippen LogP contribution in [0.1, 0.15) is 43.0 Å². The largest absolute Gasteiger partial charge is 0.487 e. The third-order valence-electron chi connectivity index (χ3n) is 5.06. The van der Waals surface area contributed by atoms with Crippen LogP contribution in [-0.4, -0.2) is 29.9 Å². The smallest absolute Gasteiger partial charge is 0.220 e. The van der Waals surface area contributed by atoms with Crippen LogP contribution in [0.3, 0.4) is 0 Å². The number of aryl methyl sites for hydroxylation is 1. The van der Waals surface area contributed by atoms with Crippen LogP contribution in [0.4, 0.5) is 0 Å². The lowest BCUT2D eigenvalue weighted by Crippen LogP contribution is -2.48. The maximum absolute atomic E-state index is 12.5. The van der Waals surface area contributed by atoms with E-state index in [-0.39, 0.29) is 17.6 Å². The Kier molecular flexibility index (Phi) is 4.87. The fourth-order valence-electron chi connectivity index (χ4n) is 3.71. The van der Waals surface area contributed by atoms with Gasteiger partial charge in [0.2, 0.25) is 5.91 Å². The highest BCUT2D eigenvalue weighted by atomic mass is 35.5. The summed E-state index contributed by atoms with van der Waals surface area (Å²) in [6.45, 7) is 1.38. The molecule has 3 heterocycles. The zero-order valence-electron chi connectivity index (χ0n) is 14.4. The molecule has 4 rings (SSSR count). The zero-order valence-corrected chi connectivity index (χ0v) is 15.1. The quantitative estimate of drug-likeness (QED) is 0.884. The molecule has 1 amide bonds. The summed E-state index contributed by atoms with van der Waals surface area (Å²) in [5.41, 5.74) is 0.767. The maximum Gasteiger partial charge on any atom is 0.220 e. The van der Waals surface area contributed by atoms with Crippen molar-refractivity contribution in [2.24, 2.45) is 0 Å². The van der Waals surface area contributed by atoms with Gasteiger partial charge in [-0.2, -0.15) is 0 Å². The first-order valence-corrected chi connectivity index (χ1v) is 9.28. The Balaban J connectivity index is 1.46. The van der Waals surface area contributed by atoms with E-state index in [9.17, 15) is 4.79 Å². The van der Waals surface area contributed by atoms with Crippen LogP contribution in [0, 0.1) is 0 Å². The monoisotopic (exact) mass is 376 g/mol. The van der Waals surface area contributed by atoms with Crippen molar-refractivity contribution in [3.05, 3.63) is 46.8 Å². The summed E-state index contributed by atoms with van der Waals surface area (Å²) in [5.74, 6) is 1.44. The topological polar surface area (TPSA) is 73.6 Å². The number of nitrogens with zero attached hydrogens (tertiary/aromatic N) is 1. The third kappa shape index (κ3) is 3.71. The Hall–Kier alpha value is -2.05. The van der Waals surface area contributed by atoms with E-state index in [1.807, 2.05) is 24.3 Å². The average Bonchev–Trinajstić information content (AvgIpc) is 3.06. The van der Waals surface area contributed by atoms with E-state index in [4.69, 9.17) is 25.6 Å². The van der Waals surface area contributed by atoms with Gasteiger partial charge < -0.3 is 19.3 Å². The SMILES string of the molecule is O=C(CCc1cc(Cl)no1)NC1CC2(CCOCC2)Oc2ccccc21. The van der Waals surface area contributed by atoms with Crippen LogP contribution in [0.2, 0.25) is 5.15 Å². The Morgan fingerprint density at radius 2 is 2.12 bits per heavy atom. The van der Waals surface area contributed by atoms with Crippen molar-refractivity contribution in [3.8, 4) is 5.75 Å². The Bertz CT molecular complexity index is 785. The molecule has 1 fully saturated rings. The molecule has 138 valence electrons. The number of aromatic nitrogens is 1. The number of hydrogen-bond acceptors (Lipinski definition) is 5. The van der Waals surface area contributed by atoms with Crippen LogP contribution >= 0.6 is 11.6 Å². The molecule has 1 aromatic carbocycles. The van der Waals surface area contributed by atoms with E-state index < -0.39 is 0 Å². The minimum atomic E-state index is -0.261. The highest BCUT2D eigenvalue weighted by Gasteiger charge is 2.42. The summed E-state index contributed by atoms with van der Waals surface area (Å²) >= 11 is 5.74. The Morgan fingerprint density at radius 3 is 2.88 bits per heavy atom. The molecule has 1 N–H and O–H groups in total. The second kappa shape index (κ2) is 7.29. The lowest BCUT2D eigenvalue weighted by atomic mass is 9.82. The highest BCUT2D eigenvalue weighted by Crippen LogP contribution is 2.43. The van der Waals surface area contributed by atoms with Crippen molar-refractivity contribution in [1.29, 1.82) is 0 Å². The van der Waals surface area contributed by atoms with Gasteiger partial charge in [0.25, 0.3) is 0 Å². The highest BCUT2D eigenvalue weighted by molar-refractivity contribution is 6.29. The second-order valence-electron chi connectivity index (χ2n) is 6.88. The number of carbonyl (C=O) groups is 1. The zero-order chi connectivity index (χ0) is 18.0. The average molecular weight is 377 g/mol. The summed E-state index contributed by atoms with van der Waals surface area (Å²) in [6, 6.07) is 9.49. The first kappa shape index (κ1) is 17.4. The van der Waals surface area contributed by atoms with E-state index >= 15 is 0 Å². The molecular formula is C19H21ClN2O4. The van der Waals surface area contributed by atoms with Crippen LogP contribution in [-0.2, 0) is 16.0 Å². The molecular weight excluding hydrogens is 356 g/mol.